The fourth-order valence-corrected chi connectivity index (χ4v) is 2.97. The molecule has 0 unspecified atom stereocenters. The zero-order chi connectivity index (χ0) is 22.1. The number of ether oxygens (including phenoxy) is 3. The van der Waals surface area contributed by atoms with Crippen LogP contribution in [0.25, 0.3) is 0 Å². The van der Waals surface area contributed by atoms with Gasteiger partial charge in [0.1, 0.15) is 6.61 Å². The lowest BCUT2D eigenvalue weighted by atomic mass is 10.1. The maximum absolute atomic E-state index is 13.4. The molecule has 0 bridgehead atoms. The van der Waals surface area contributed by atoms with Gasteiger partial charge in [-0.25, -0.2) is 8.78 Å². The molecule has 0 aromatic heterocycles. The highest BCUT2D eigenvalue weighted by Gasteiger charge is 2.40. The number of rotatable bonds is 6. The lowest BCUT2D eigenvalue weighted by Crippen LogP contribution is -2.31. The normalized spacial score (nSPS) is 14.3. The first-order chi connectivity index (χ1) is 14.3. The highest BCUT2D eigenvalue weighted by molar-refractivity contribution is 5.96. The van der Waals surface area contributed by atoms with Crippen LogP contribution in [0.5, 0.6) is 17.2 Å². The molecule has 2 aromatic rings. The number of carboxylic acid groups (broad SMARTS) is 1. The standard InChI is InChI=1S/C20H21F2NO4.CH2O2/c1-25-16-10-15(19(24)23-9-8-20(21,22)13-23)11-17(26-2)18(16)27-12-14-6-4-3-5-7-14;2-1-3/h3-7,10-11H,8-9,12-13H2,1-2H3;1H,(H,2,3). The minimum absolute atomic E-state index is 0.0166. The van der Waals surface area contributed by atoms with Crippen molar-refractivity contribution < 1.29 is 37.7 Å². The summed E-state index contributed by atoms with van der Waals surface area (Å²) in [6, 6.07) is 12.5. The number of carbonyl (C=O) groups excluding carboxylic acids is 1. The smallest absolute Gasteiger partial charge is 0.290 e. The Bertz CT molecular complexity index is 835. The zero-order valence-corrected chi connectivity index (χ0v) is 16.6. The molecule has 1 saturated heterocycles. The van der Waals surface area contributed by atoms with E-state index in [0.29, 0.717) is 23.9 Å². The molecular weight excluding hydrogens is 400 g/mol. The largest absolute Gasteiger partial charge is 0.493 e. The van der Waals surface area contributed by atoms with Crippen molar-refractivity contribution in [1.82, 2.24) is 4.90 Å². The second kappa shape index (κ2) is 10.4. The SMILES string of the molecule is COc1cc(C(=O)N2CCC(F)(F)C2)cc(OC)c1OCc1ccccc1.O=CO. The van der Waals surface area contributed by atoms with Crippen molar-refractivity contribution in [2.24, 2.45) is 0 Å². The first-order valence-corrected chi connectivity index (χ1v) is 9.03. The number of halogens is 2. The molecular formula is C21H23F2NO6. The number of carbonyl (C=O) groups is 2. The van der Waals surface area contributed by atoms with E-state index < -0.39 is 18.4 Å². The second-order valence-corrected chi connectivity index (χ2v) is 6.42. The quantitative estimate of drug-likeness (QED) is 0.717. The monoisotopic (exact) mass is 423 g/mol. The predicted molar refractivity (Wildman–Crippen MR) is 104 cm³/mol. The Morgan fingerprint density at radius 2 is 1.73 bits per heavy atom. The summed E-state index contributed by atoms with van der Waals surface area (Å²) in [5.41, 5.74) is 1.18. The molecule has 1 amide bonds. The van der Waals surface area contributed by atoms with E-state index in [4.69, 9.17) is 24.1 Å². The molecule has 0 saturated carbocycles. The van der Waals surface area contributed by atoms with Gasteiger partial charge in [0.25, 0.3) is 18.3 Å². The van der Waals surface area contributed by atoms with E-state index in [1.807, 2.05) is 30.3 Å². The van der Waals surface area contributed by atoms with E-state index in [1.165, 1.54) is 26.4 Å². The van der Waals surface area contributed by atoms with Crippen LogP contribution in [-0.4, -0.2) is 55.6 Å². The van der Waals surface area contributed by atoms with Crippen molar-refractivity contribution >= 4 is 12.4 Å². The van der Waals surface area contributed by atoms with Crippen LogP contribution in [0.1, 0.15) is 22.3 Å². The van der Waals surface area contributed by atoms with Gasteiger partial charge in [0.2, 0.25) is 5.75 Å². The average molecular weight is 423 g/mol. The van der Waals surface area contributed by atoms with Crippen LogP contribution in [0.4, 0.5) is 8.78 Å². The molecule has 1 N–H and O–H groups in total. The Morgan fingerprint density at radius 1 is 1.17 bits per heavy atom. The maximum atomic E-state index is 13.4. The van der Waals surface area contributed by atoms with E-state index in [1.54, 1.807) is 0 Å². The number of nitrogens with zero attached hydrogens (tertiary/aromatic N) is 1. The molecule has 3 rings (SSSR count). The van der Waals surface area contributed by atoms with Crippen molar-refractivity contribution in [3.63, 3.8) is 0 Å². The molecule has 1 aliphatic rings. The zero-order valence-electron chi connectivity index (χ0n) is 16.6. The fraction of sp³-hybridized carbons (Fsp3) is 0.333. The number of benzene rings is 2. The lowest BCUT2D eigenvalue weighted by Gasteiger charge is -2.19. The van der Waals surface area contributed by atoms with Crippen LogP contribution in [0.3, 0.4) is 0 Å². The van der Waals surface area contributed by atoms with Crippen LogP contribution < -0.4 is 14.2 Å². The molecule has 2 aromatic carbocycles. The lowest BCUT2D eigenvalue weighted by molar-refractivity contribution is -0.122. The van der Waals surface area contributed by atoms with Gasteiger partial charge >= 0.3 is 0 Å². The molecule has 0 radical (unpaired) electrons. The summed E-state index contributed by atoms with van der Waals surface area (Å²) in [6.45, 7) is -0.523. The van der Waals surface area contributed by atoms with Crippen LogP contribution in [0.15, 0.2) is 42.5 Å². The molecule has 1 aliphatic heterocycles. The first-order valence-electron chi connectivity index (χ1n) is 9.03. The van der Waals surface area contributed by atoms with Gasteiger partial charge in [0, 0.05) is 18.5 Å². The Kier molecular flexibility index (Phi) is 7.97. The van der Waals surface area contributed by atoms with E-state index in [0.717, 1.165) is 10.5 Å². The van der Waals surface area contributed by atoms with Crippen LogP contribution >= 0.6 is 0 Å². The predicted octanol–water partition coefficient (Wildman–Crippen LogP) is 3.46. The molecule has 1 heterocycles. The molecule has 0 atom stereocenters. The number of methoxy groups -OCH3 is 2. The number of alkyl halides is 2. The summed E-state index contributed by atoms with van der Waals surface area (Å²) < 4.78 is 43.4. The maximum Gasteiger partial charge on any atom is 0.290 e. The molecule has 9 heteroatoms. The van der Waals surface area contributed by atoms with Crippen LogP contribution in [0.2, 0.25) is 0 Å². The fourth-order valence-electron chi connectivity index (χ4n) is 2.97. The third kappa shape index (κ3) is 5.82. The van der Waals surface area contributed by atoms with E-state index >= 15 is 0 Å². The van der Waals surface area contributed by atoms with Gasteiger partial charge in [0.05, 0.1) is 20.8 Å². The van der Waals surface area contributed by atoms with Crippen molar-refractivity contribution in [3.8, 4) is 17.2 Å². The third-order valence-electron chi connectivity index (χ3n) is 4.39. The Labute approximate surface area is 172 Å². The number of likely N-dealkylation sites (tertiary alicyclic amines) is 1. The highest BCUT2D eigenvalue weighted by atomic mass is 19.3. The van der Waals surface area contributed by atoms with Gasteiger partial charge in [-0.3, -0.25) is 9.59 Å². The van der Waals surface area contributed by atoms with Gasteiger partial charge in [-0.15, -0.1) is 0 Å². The second-order valence-electron chi connectivity index (χ2n) is 6.42. The summed E-state index contributed by atoms with van der Waals surface area (Å²) in [4.78, 5) is 22.1. The number of amides is 1. The van der Waals surface area contributed by atoms with Crippen molar-refractivity contribution in [2.75, 3.05) is 27.3 Å². The van der Waals surface area contributed by atoms with E-state index in [9.17, 15) is 13.6 Å². The molecule has 0 spiro atoms. The molecule has 7 nitrogen and oxygen atoms in total. The Balaban J connectivity index is 0.00000101. The van der Waals surface area contributed by atoms with Gasteiger partial charge in [0.15, 0.2) is 11.5 Å². The van der Waals surface area contributed by atoms with Crippen LogP contribution in [-0.2, 0) is 11.4 Å². The highest BCUT2D eigenvalue weighted by Crippen LogP contribution is 2.40. The summed E-state index contributed by atoms with van der Waals surface area (Å²) in [7, 11) is 2.89. The van der Waals surface area contributed by atoms with Crippen molar-refractivity contribution in [2.45, 2.75) is 19.0 Å². The van der Waals surface area contributed by atoms with Gasteiger partial charge in [-0.2, -0.15) is 0 Å². The topological polar surface area (TPSA) is 85.3 Å². The van der Waals surface area contributed by atoms with Crippen LogP contribution in [0, 0.1) is 0 Å². The third-order valence-corrected chi connectivity index (χ3v) is 4.39. The summed E-state index contributed by atoms with van der Waals surface area (Å²) in [6.07, 6.45) is -0.328. The Morgan fingerprint density at radius 3 is 2.20 bits per heavy atom. The van der Waals surface area contributed by atoms with Gasteiger partial charge < -0.3 is 24.2 Å². The number of hydrogen-bond donors (Lipinski definition) is 1. The first kappa shape index (κ1) is 22.9. The summed E-state index contributed by atoms with van der Waals surface area (Å²) in [5.74, 6) is -2.37. The summed E-state index contributed by atoms with van der Waals surface area (Å²) in [5, 5.41) is 6.89. The average Bonchev–Trinajstić information content (AvgIpc) is 3.12. The minimum atomic E-state index is -2.84. The van der Waals surface area contributed by atoms with E-state index in [-0.39, 0.29) is 25.0 Å². The van der Waals surface area contributed by atoms with Crippen molar-refractivity contribution in [3.05, 3.63) is 53.6 Å². The summed E-state index contributed by atoms with van der Waals surface area (Å²) >= 11 is 0. The minimum Gasteiger partial charge on any atom is -0.493 e. The number of hydrogen-bond acceptors (Lipinski definition) is 5. The van der Waals surface area contributed by atoms with Gasteiger partial charge in [-0.05, 0) is 17.7 Å². The molecule has 1 fully saturated rings. The van der Waals surface area contributed by atoms with Crippen molar-refractivity contribution in [1.29, 1.82) is 0 Å². The molecule has 30 heavy (non-hydrogen) atoms. The molecule has 162 valence electrons. The van der Waals surface area contributed by atoms with Gasteiger partial charge in [-0.1, -0.05) is 30.3 Å². The molecule has 0 aliphatic carbocycles. The van der Waals surface area contributed by atoms with E-state index in [2.05, 4.69) is 0 Å². The Hall–Kier alpha value is -3.36.